The minimum atomic E-state index is -0.102. The Bertz CT molecular complexity index is 363. The van der Waals surface area contributed by atoms with Gasteiger partial charge >= 0.3 is 0 Å². The lowest BCUT2D eigenvalue weighted by atomic mass is 10.0. The molecule has 1 aromatic carbocycles. The first-order valence-electron chi connectivity index (χ1n) is 5.90. The molecule has 3 heteroatoms. The molecule has 1 nitrogen and oxygen atoms in total. The van der Waals surface area contributed by atoms with Crippen molar-refractivity contribution in [2.24, 2.45) is 5.92 Å². The molecule has 0 aliphatic heterocycles. The number of rotatable bonds is 5. The lowest BCUT2D eigenvalue weighted by molar-refractivity contribution is 0.457. The second kappa shape index (κ2) is 5.28. The SMILES string of the molecule is CCCNC(c1ccc(Br)cc1F)C1CC1. The summed E-state index contributed by atoms with van der Waals surface area (Å²) in [6.45, 7) is 3.09. The van der Waals surface area contributed by atoms with Crippen molar-refractivity contribution in [2.75, 3.05) is 6.54 Å². The maximum Gasteiger partial charge on any atom is 0.129 e. The Morgan fingerprint density at radius 3 is 2.81 bits per heavy atom. The quantitative estimate of drug-likeness (QED) is 0.861. The number of halogens is 2. The smallest absolute Gasteiger partial charge is 0.129 e. The third kappa shape index (κ3) is 2.83. The lowest BCUT2D eigenvalue weighted by Gasteiger charge is -2.19. The van der Waals surface area contributed by atoms with Gasteiger partial charge in [0.1, 0.15) is 5.82 Å². The van der Waals surface area contributed by atoms with E-state index in [2.05, 4.69) is 28.2 Å². The van der Waals surface area contributed by atoms with E-state index in [1.807, 2.05) is 12.1 Å². The molecule has 2 rings (SSSR count). The van der Waals surface area contributed by atoms with E-state index in [1.54, 1.807) is 6.07 Å². The molecular weight excluding hydrogens is 269 g/mol. The van der Waals surface area contributed by atoms with Crippen LogP contribution < -0.4 is 5.32 Å². The Morgan fingerprint density at radius 1 is 1.50 bits per heavy atom. The summed E-state index contributed by atoms with van der Waals surface area (Å²) in [5.74, 6) is 0.525. The van der Waals surface area contributed by atoms with Crippen molar-refractivity contribution in [3.05, 3.63) is 34.1 Å². The highest BCUT2D eigenvalue weighted by Crippen LogP contribution is 2.41. The molecule has 1 N–H and O–H groups in total. The van der Waals surface area contributed by atoms with Crippen LogP contribution in [-0.2, 0) is 0 Å². The van der Waals surface area contributed by atoms with Crippen molar-refractivity contribution in [3.63, 3.8) is 0 Å². The average Bonchev–Trinajstić information content (AvgIpc) is 3.05. The highest BCUT2D eigenvalue weighted by molar-refractivity contribution is 9.10. The molecule has 1 saturated carbocycles. The number of hydrogen-bond acceptors (Lipinski definition) is 1. The Morgan fingerprint density at radius 2 is 2.25 bits per heavy atom. The van der Waals surface area contributed by atoms with Gasteiger partial charge in [0.2, 0.25) is 0 Å². The molecular formula is C13H17BrFN. The molecule has 0 aromatic heterocycles. The van der Waals surface area contributed by atoms with E-state index in [9.17, 15) is 4.39 Å². The summed E-state index contributed by atoms with van der Waals surface area (Å²) in [7, 11) is 0. The highest BCUT2D eigenvalue weighted by atomic mass is 79.9. The van der Waals surface area contributed by atoms with Crippen LogP contribution in [0.15, 0.2) is 22.7 Å². The zero-order valence-electron chi connectivity index (χ0n) is 9.47. The van der Waals surface area contributed by atoms with Gasteiger partial charge in [-0.1, -0.05) is 28.9 Å². The molecule has 16 heavy (non-hydrogen) atoms. The van der Waals surface area contributed by atoms with Crippen LogP contribution in [0.5, 0.6) is 0 Å². The molecule has 1 fully saturated rings. The van der Waals surface area contributed by atoms with Crippen LogP contribution in [-0.4, -0.2) is 6.54 Å². The molecule has 1 aromatic rings. The lowest BCUT2D eigenvalue weighted by Crippen LogP contribution is -2.24. The zero-order chi connectivity index (χ0) is 11.5. The fourth-order valence-electron chi connectivity index (χ4n) is 2.01. The fourth-order valence-corrected chi connectivity index (χ4v) is 2.35. The number of hydrogen-bond donors (Lipinski definition) is 1. The van der Waals surface area contributed by atoms with Crippen molar-refractivity contribution in [1.82, 2.24) is 5.32 Å². The predicted octanol–water partition coefficient (Wildman–Crippen LogP) is 4.04. The van der Waals surface area contributed by atoms with Gasteiger partial charge < -0.3 is 5.32 Å². The summed E-state index contributed by atoms with van der Waals surface area (Å²) in [6.07, 6.45) is 3.52. The maximum atomic E-state index is 13.8. The topological polar surface area (TPSA) is 12.0 Å². The first-order chi connectivity index (χ1) is 7.72. The average molecular weight is 286 g/mol. The van der Waals surface area contributed by atoms with E-state index in [0.717, 1.165) is 23.0 Å². The summed E-state index contributed by atoms with van der Waals surface area (Å²) in [6, 6.07) is 5.57. The zero-order valence-corrected chi connectivity index (χ0v) is 11.1. The van der Waals surface area contributed by atoms with Crippen molar-refractivity contribution >= 4 is 15.9 Å². The van der Waals surface area contributed by atoms with Crippen molar-refractivity contribution in [3.8, 4) is 0 Å². The molecule has 0 heterocycles. The Labute approximate surface area is 105 Å². The van der Waals surface area contributed by atoms with Crippen LogP contribution in [0.2, 0.25) is 0 Å². The molecule has 1 unspecified atom stereocenters. The van der Waals surface area contributed by atoms with Gasteiger partial charge in [0, 0.05) is 16.1 Å². The van der Waals surface area contributed by atoms with Crippen LogP contribution in [0.3, 0.4) is 0 Å². The van der Waals surface area contributed by atoms with Crippen LogP contribution in [0, 0.1) is 11.7 Å². The van der Waals surface area contributed by atoms with E-state index < -0.39 is 0 Å². The normalized spacial score (nSPS) is 17.4. The number of benzene rings is 1. The predicted molar refractivity (Wildman–Crippen MR) is 67.9 cm³/mol. The summed E-state index contributed by atoms with van der Waals surface area (Å²) in [4.78, 5) is 0. The van der Waals surface area contributed by atoms with Crippen molar-refractivity contribution in [1.29, 1.82) is 0 Å². The van der Waals surface area contributed by atoms with Gasteiger partial charge in [0.05, 0.1) is 0 Å². The van der Waals surface area contributed by atoms with Gasteiger partial charge in [0.15, 0.2) is 0 Å². The molecule has 88 valence electrons. The molecule has 1 aliphatic carbocycles. The Kier molecular flexibility index (Phi) is 3.98. The largest absolute Gasteiger partial charge is 0.310 e. The molecule has 0 bridgehead atoms. The Balaban J connectivity index is 2.17. The monoisotopic (exact) mass is 285 g/mol. The van der Waals surface area contributed by atoms with Crippen LogP contribution >= 0.6 is 15.9 Å². The molecule has 1 atom stereocenters. The van der Waals surface area contributed by atoms with Crippen molar-refractivity contribution < 1.29 is 4.39 Å². The fraction of sp³-hybridized carbons (Fsp3) is 0.538. The molecule has 0 spiro atoms. The second-order valence-electron chi connectivity index (χ2n) is 4.44. The van der Waals surface area contributed by atoms with Crippen LogP contribution in [0.4, 0.5) is 4.39 Å². The first kappa shape index (κ1) is 12.1. The summed E-state index contributed by atoms with van der Waals surface area (Å²) in [5, 5.41) is 3.45. The van der Waals surface area contributed by atoms with Gasteiger partial charge in [-0.25, -0.2) is 4.39 Å². The third-order valence-corrected chi connectivity index (χ3v) is 3.50. The standard InChI is InChI=1S/C13H17BrFN/c1-2-7-16-13(9-3-4-9)11-6-5-10(14)8-12(11)15/h5-6,8-9,13,16H,2-4,7H2,1H3. The van der Waals surface area contributed by atoms with Gasteiger partial charge in [-0.3, -0.25) is 0 Å². The Hall–Kier alpha value is -0.410. The second-order valence-corrected chi connectivity index (χ2v) is 5.35. The van der Waals surface area contributed by atoms with Crippen LogP contribution in [0.25, 0.3) is 0 Å². The third-order valence-electron chi connectivity index (χ3n) is 3.01. The summed E-state index contributed by atoms with van der Waals surface area (Å²) < 4.78 is 14.7. The molecule has 0 amide bonds. The maximum absolute atomic E-state index is 13.8. The number of nitrogens with one attached hydrogen (secondary N) is 1. The van der Waals surface area contributed by atoms with Gasteiger partial charge in [-0.05, 0) is 43.9 Å². The molecule has 0 saturated heterocycles. The summed E-state index contributed by atoms with van der Waals surface area (Å²) in [5.41, 5.74) is 0.819. The highest BCUT2D eigenvalue weighted by Gasteiger charge is 2.33. The van der Waals surface area contributed by atoms with Gasteiger partial charge in [-0.2, -0.15) is 0 Å². The van der Waals surface area contributed by atoms with E-state index in [1.165, 1.54) is 12.8 Å². The summed E-state index contributed by atoms with van der Waals surface area (Å²) >= 11 is 3.29. The van der Waals surface area contributed by atoms with E-state index in [-0.39, 0.29) is 11.9 Å². The molecule has 0 radical (unpaired) electrons. The van der Waals surface area contributed by atoms with E-state index in [4.69, 9.17) is 0 Å². The van der Waals surface area contributed by atoms with Gasteiger partial charge in [-0.15, -0.1) is 0 Å². The minimum Gasteiger partial charge on any atom is -0.310 e. The van der Waals surface area contributed by atoms with Gasteiger partial charge in [0.25, 0.3) is 0 Å². The molecule has 1 aliphatic rings. The van der Waals surface area contributed by atoms with Crippen LogP contribution in [0.1, 0.15) is 37.8 Å². The van der Waals surface area contributed by atoms with Crippen molar-refractivity contribution in [2.45, 2.75) is 32.2 Å². The minimum absolute atomic E-state index is 0.102. The van der Waals surface area contributed by atoms with E-state index >= 15 is 0 Å². The first-order valence-corrected chi connectivity index (χ1v) is 6.70. The van der Waals surface area contributed by atoms with E-state index in [0.29, 0.717) is 5.92 Å².